The summed E-state index contributed by atoms with van der Waals surface area (Å²) in [5.41, 5.74) is 0. The number of carboxylic acids is 6. The van der Waals surface area contributed by atoms with Crippen LogP contribution in [-0.2, 0) is 28.8 Å². The Morgan fingerprint density at radius 3 is 0.552 bits per heavy atom. The van der Waals surface area contributed by atoms with E-state index in [4.69, 9.17) is 30.6 Å². The Labute approximate surface area is 228 Å². The first-order valence-corrected chi connectivity index (χ1v) is 6.81. The second-order valence-electron chi connectivity index (χ2n) is 4.17. The Kier molecular flexibility index (Phi) is 36.7. The van der Waals surface area contributed by atoms with E-state index >= 15 is 0 Å². The predicted molar refractivity (Wildman–Crippen MR) is 84.4 cm³/mol. The molecule has 0 heterocycles. The fourth-order valence-corrected chi connectivity index (χ4v) is 0.829. The van der Waals surface area contributed by atoms with Crippen molar-refractivity contribution < 1.29 is 139 Å². The smallest absolute Gasteiger partial charge is 0.317 e. The summed E-state index contributed by atoms with van der Waals surface area (Å²) in [6.07, 6.45) is 0. The quantitative estimate of drug-likeness (QED) is 0.0941. The molecular weight excluding hydrogens is 693 g/mol. The van der Waals surface area contributed by atoms with E-state index in [0.29, 0.717) is 0 Å². The molecule has 0 aromatic carbocycles. The van der Waals surface area contributed by atoms with Crippen LogP contribution in [0.2, 0.25) is 0 Å². The van der Waals surface area contributed by atoms with E-state index in [1.807, 2.05) is 0 Å². The van der Waals surface area contributed by atoms with Crippen LogP contribution in [0.15, 0.2) is 0 Å². The topological polar surface area (TPSA) is 260 Å². The van der Waals surface area contributed by atoms with Crippen LogP contribution in [0.1, 0.15) is 0 Å². The van der Waals surface area contributed by atoms with Gasteiger partial charge in [-0.15, -0.1) is 0 Å². The van der Waals surface area contributed by atoms with Crippen LogP contribution in [0, 0.1) is 79.9 Å². The van der Waals surface area contributed by atoms with Gasteiger partial charge in [0.05, 0.1) is 39.3 Å². The van der Waals surface area contributed by atoms with E-state index in [-0.39, 0.29) is 119 Å². The summed E-state index contributed by atoms with van der Waals surface area (Å²) in [5.74, 6) is -6.35. The third kappa shape index (κ3) is 58.4. The summed E-state index contributed by atoms with van der Waals surface area (Å²) in [6.45, 7) is -1.88. The molecule has 0 unspecified atom stereocenters. The molecule has 0 rings (SSSR count). The van der Waals surface area contributed by atoms with Crippen molar-refractivity contribution in [3.8, 4) is 0 Å². The van der Waals surface area contributed by atoms with E-state index in [9.17, 15) is 28.8 Å². The Morgan fingerprint density at radius 1 is 0.379 bits per heavy atom. The van der Waals surface area contributed by atoms with Gasteiger partial charge >= 0.3 is 35.8 Å². The van der Waals surface area contributed by atoms with Gasteiger partial charge in [-0.2, -0.15) is 0 Å². The number of carboxylic acid groups (broad SMARTS) is 6. The zero-order valence-corrected chi connectivity index (χ0v) is 19.1. The van der Waals surface area contributed by atoms with Gasteiger partial charge in [0.15, 0.2) is 0 Å². The average Bonchev–Trinajstić information content (AvgIpc) is 2.46. The van der Waals surface area contributed by atoms with E-state index in [1.165, 1.54) is 0 Å². The summed E-state index contributed by atoms with van der Waals surface area (Å²) in [5, 5.41) is 54.4. The third-order valence-corrected chi connectivity index (χ3v) is 1.66. The normalized spacial score (nSPS) is 8.28. The van der Waals surface area contributed by atoms with Crippen LogP contribution in [0.4, 0.5) is 0 Å². The monoisotopic (exact) mass is 715 g/mol. The molecule has 17 heteroatoms. The van der Waals surface area contributed by atoms with Gasteiger partial charge in [0.2, 0.25) is 0 Å². The molecule has 0 aliphatic rings. The van der Waals surface area contributed by atoms with Crippen LogP contribution >= 0.6 is 0 Å². The molecule has 0 saturated heterocycles. The molecule has 0 radical (unpaired) electrons. The minimum atomic E-state index is -1.06. The summed E-state index contributed by atoms with van der Waals surface area (Å²) < 4.78 is 0. The second kappa shape index (κ2) is 27.3. The zero-order valence-electron chi connectivity index (χ0n) is 14.6. The van der Waals surface area contributed by atoms with E-state index in [1.54, 1.807) is 0 Å². The van der Waals surface area contributed by atoms with Crippen molar-refractivity contribution in [1.29, 1.82) is 0 Å². The summed E-state index contributed by atoms with van der Waals surface area (Å²) in [4.78, 5) is 58.4. The predicted octanol–water partition coefficient (Wildman–Crippen LogP) is -3.76. The zero-order chi connectivity index (χ0) is 21.8. The van der Waals surface area contributed by atoms with Crippen molar-refractivity contribution in [2.24, 2.45) is 0 Å². The van der Waals surface area contributed by atoms with Gasteiger partial charge < -0.3 is 30.6 Å². The van der Waals surface area contributed by atoms with Crippen molar-refractivity contribution in [3.05, 3.63) is 0 Å². The Hall–Kier alpha value is -0.651. The number of hydrogen-bond donors (Lipinski definition) is 9. The van der Waals surface area contributed by atoms with Gasteiger partial charge in [0.25, 0.3) is 0 Å². The van der Waals surface area contributed by atoms with E-state index in [0.717, 1.165) is 0 Å². The maximum Gasteiger partial charge on any atom is 0.317 e. The SMILES string of the molecule is O=C(O)CNCC(=O)O.O=C(O)CNCC(=O)O.O=C(O)CNCC(=O)O.[Gd].[Gd]. The molecule has 0 fully saturated rings. The average molecular weight is 714 g/mol. The van der Waals surface area contributed by atoms with Crippen molar-refractivity contribution >= 4 is 35.8 Å². The van der Waals surface area contributed by atoms with Crippen molar-refractivity contribution in [2.75, 3.05) is 39.3 Å². The van der Waals surface area contributed by atoms with Crippen LogP contribution in [-0.4, -0.2) is 106 Å². The molecule has 0 aromatic heterocycles. The first-order valence-electron chi connectivity index (χ1n) is 6.81. The Balaban J connectivity index is -0.0000000960. The molecule has 29 heavy (non-hydrogen) atoms. The molecule has 172 valence electrons. The molecule has 0 aliphatic heterocycles. The third-order valence-electron chi connectivity index (χ3n) is 1.66. The number of aliphatic carboxylic acids is 6. The van der Waals surface area contributed by atoms with Crippen LogP contribution in [0.3, 0.4) is 0 Å². The first kappa shape index (κ1) is 38.9. The second-order valence-corrected chi connectivity index (χ2v) is 4.17. The van der Waals surface area contributed by atoms with Gasteiger partial charge in [-0.25, -0.2) is 0 Å². The number of rotatable bonds is 12. The molecule has 0 atom stereocenters. The molecule has 0 amide bonds. The minimum absolute atomic E-state index is 0. The molecular formula is C12H21Gd2N3O12. The van der Waals surface area contributed by atoms with Crippen LogP contribution in [0.25, 0.3) is 0 Å². The summed E-state index contributed by atoms with van der Waals surface area (Å²) >= 11 is 0. The fraction of sp³-hybridized carbons (Fsp3) is 0.500. The molecule has 0 saturated carbocycles. The standard InChI is InChI=1S/3C4H7NO4.2Gd/c3*6-3(7)1-5-2-4(8)9;;/h3*5H,1-2H2,(H,6,7)(H,8,9);;. The molecule has 0 aliphatic carbocycles. The Bertz CT molecular complexity index is 405. The number of carbonyl (C=O) groups is 6. The number of nitrogens with one attached hydrogen (secondary N) is 3. The maximum atomic E-state index is 9.73. The van der Waals surface area contributed by atoms with Crippen molar-refractivity contribution in [3.63, 3.8) is 0 Å². The molecule has 0 bridgehead atoms. The van der Waals surface area contributed by atoms with E-state index in [2.05, 4.69) is 16.0 Å². The number of hydrogen-bond acceptors (Lipinski definition) is 9. The first-order chi connectivity index (χ1) is 12.4. The van der Waals surface area contributed by atoms with Crippen LogP contribution < -0.4 is 16.0 Å². The van der Waals surface area contributed by atoms with Crippen molar-refractivity contribution in [2.45, 2.75) is 0 Å². The van der Waals surface area contributed by atoms with Gasteiger partial charge in [0, 0.05) is 79.9 Å². The molecule has 0 spiro atoms. The van der Waals surface area contributed by atoms with Gasteiger partial charge in [-0.1, -0.05) is 0 Å². The van der Waals surface area contributed by atoms with Gasteiger partial charge in [-0.3, -0.25) is 44.7 Å². The molecule has 15 nitrogen and oxygen atoms in total. The largest absolute Gasteiger partial charge is 0.480 e. The van der Waals surface area contributed by atoms with Gasteiger partial charge in [0.1, 0.15) is 0 Å². The Morgan fingerprint density at radius 2 is 0.483 bits per heavy atom. The summed E-state index contributed by atoms with van der Waals surface area (Å²) in [6, 6.07) is 0. The molecule has 0 aromatic rings. The van der Waals surface area contributed by atoms with Gasteiger partial charge in [-0.05, 0) is 0 Å². The summed E-state index contributed by atoms with van der Waals surface area (Å²) in [7, 11) is 0. The van der Waals surface area contributed by atoms with E-state index < -0.39 is 35.8 Å². The minimum Gasteiger partial charge on any atom is -0.480 e. The van der Waals surface area contributed by atoms with Crippen molar-refractivity contribution in [1.82, 2.24) is 16.0 Å². The van der Waals surface area contributed by atoms with Crippen LogP contribution in [0.5, 0.6) is 0 Å². The molecule has 9 N–H and O–H groups in total. The maximum absolute atomic E-state index is 9.73. The fourth-order valence-electron chi connectivity index (χ4n) is 0.829.